The molecule has 0 saturated carbocycles. The van der Waals surface area contributed by atoms with Crippen LogP contribution in [0, 0.1) is 0 Å². The van der Waals surface area contributed by atoms with Crippen molar-refractivity contribution < 1.29 is 4.74 Å². The quantitative estimate of drug-likeness (QED) is 0.615. The Morgan fingerprint density at radius 2 is 1.90 bits per heavy atom. The molecule has 0 aliphatic heterocycles. The molecule has 0 fully saturated rings. The van der Waals surface area contributed by atoms with Crippen molar-refractivity contribution in [3.05, 3.63) is 57.5 Å². The lowest BCUT2D eigenvalue weighted by Crippen LogP contribution is -2.01. The van der Waals surface area contributed by atoms with E-state index in [-0.39, 0.29) is 0 Å². The van der Waals surface area contributed by atoms with E-state index < -0.39 is 0 Å². The SMILES string of the molecule is CCCCOc1ccc(CNc2cc(Cl)ccc2Br)cc1. The minimum atomic E-state index is 0.723. The summed E-state index contributed by atoms with van der Waals surface area (Å²) in [5.74, 6) is 0.927. The molecule has 21 heavy (non-hydrogen) atoms. The van der Waals surface area contributed by atoms with E-state index in [4.69, 9.17) is 16.3 Å². The summed E-state index contributed by atoms with van der Waals surface area (Å²) in [6.07, 6.45) is 2.24. The molecule has 0 aliphatic carbocycles. The molecular formula is C17H19BrClNO. The van der Waals surface area contributed by atoms with E-state index in [2.05, 4.69) is 40.3 Å². The van der Waals surface area contributed by atoms with Crippen LogP contribution < -0.4 is 10.1 Å². The van der Waals surface area contributed by atoms with Crippen molar-refractivity contribution in [2.24, 2.45) is 0 Å². The zero-order chi connectivity index (χ0) is 15.1. The highest BCUT2D eigenvalue weighted by Gasteiger charge is 2.01. The van der Waals surface area contributed by atoms with E-state index in [0.717, 1.165) is 46.9 Å². The summed E-state index contributed by atoms with van der Waals surface area (Å²) in [6, 6.07) is 13.9. The van der Waals surface area contributed by atoms with Crippen LogP contribution in [0.3, 0.4) is 0 Å². The average Bonchev–Trinajstić information content (AvgIpc) is 2.50. The van der Waals surface area contributed by atoms with Crippen LogP contribution in [0.5, 0.6) is 5.75 Å². The first kappa shape index (κ1) is 16.2. The first-order chi connectivity index (χ1) is 10.2. The molecule has 0 aromatic heterocycles. The highest BCUT2D eigenvalue weighted by molar-refractivity contribution is 9.10. The van der Waals surface area contributed by atoms with Gasteiger partial charge in [-0.05, 0) is 58.2 Å². The fraction of sp³-hybridized carbons (Fsp3) is 0.294. The standard InChI is InChI=1S/C17H19BrClNO/c1-2-3-10-21-15-7-4-13(5-8-15)12-20-17-11-14(19)6-9-16(17)18/h4-9,11,20H,2-3,10,12H2,1H3. The molecule has 2 rings (SSSR count). The van der Waals surface area contributed by atoms with Crippen molar-refractivity contribution in [2.45, 2.75) is 26.3 Å². The Labute approximate surface area is 139 Å². The van der Waals surface area contributed by atoms with Gasteiger partial charge in [-0.2, -0.15) is 0 Å². The number of anilines is 1. The molecule has 2 aromatic rings. The zero-order valence-corrected chi connectivity index (χ0v) is 14.4. The number of unbranched alkanes of at least 4 members (excludes halogenated alkanes) is 1. The maximum absolute atomic E-state index is 6.00. The van der Waals surface area contributed by atoms with Crippen LogP contribution in [0.4, 0.5) is 5.69 Å². The Morgan fingerprint density at radius 3 is 2.62 bits per heavy atom. The van der Waals surface area contributed by atoms with Crippen molar-refractivity contribution in [2.75, 3.05) is 11.9 Å². The van der Waals surface area contributed by atoms with Crippen molar-refractivity contribution in [3.8, 4) is 5.75 Å². The van der Waals surface area contributed by atoms with E-state index >= 15 is 0 Å². The Bertz CT molecular complexity index is 572. The minimum Gasteiger partial charge on any atom is -0.494 e. The van der Waals surface area contributed by atoms with E-state index in [0.29, 0.717) is 0 Å². The Kier molecular flexibility index (Phi) is 6.40. The summed E-state index contributed by atoms with van der Waals surface area (Å²) in [4.78, 5) is 0. The lowest BCUT2D eigenvalue weighted by Gasteiger charge is -2.10. The molecule has 4 heteroatoms. The van der Waals surface area contributed by atoms with Gasteiger partial charge in [-0.25, -0.2) is 0 Å². The third-order valence-electron chi connectivity index (χ3n) is 3.10. The molecule has 0 unspecified atom stereocenters. The maximum Gasteiger partial charge on any atom is 0.119 e. The van der Waals surface area contributed by atoms with Crippen molar-refractivity contribution >= 4 is 33.2 Å². The van der Waals surface area contributed by atoms with Crippen molar-refractivity contribution in [3.63, 3.8) is 0 Å². The predicted molar refractivity (Wildman–Crippen MR) is 93.3 cm³/mol. The lowest BCUT2D eigenvalue weighted by atomic mass is 10.2. The third kappa shape index (κ3) is 5.25. The van der Waals surface area contributed by atoms with Crippen LogP contribution in [0.1, 0.15) is 25.3 Å². The lowest BCUT2D eigenvalue weighted by molar-refractivity contribution is 0.309. The monoisotopic (exact) mass is 367 g/mol. The van der Waals surface area contributed by atoms with Crippen LogP contribution in [0.2, 0.25) is 5.02 Å². The fourth-order valence-corrected chi connectivity index (χ4v) is 2.43. The normalized spacial score (nSPS) is 10.4. The molecule has 0 atom stereocenters. The number of hydrogen-bond donors (Lipinski definition) is 1. The first-order valence-corrected chi connectivity index (χ1v) is 8.27. The molecule has 0 amide bonds. The maximum atomic E-state index is 6.00. The van der Waals surface area contributed by atoms with Gasteiger partial charge in [0.1, 0.15) is 5.75 Å². The topological polar surface area (TPSA) is 21.3 Å². The van der Waals surface area contributed by atoms with Gasteiger partial charge < -0.3 is 10.1 Å². The number of halogens is 2. The first-order valence-electron chi connectivity index (χ1n) is 7.09. The fourth-order valence-electron chi connectivity index (χ4n) is 1.87. The molecule has 0 bridgehead atoms. The van der Waals surface area contributed by atoms with Gasteiger partial charge in [0, 0.05) is 16.0 Å². The van der Waals surface area contributed by atoms with Gasteiger partial charge in [0.2, 0.25) is 0 Å². The molecule has 0 radical (unpaired) electrons. The molecule has 0 saturated heterocycles. The summed E-state index contributed by atoms with van der Waals surface area (Å²) in [7, 11) is 0. The molecule has 2 nitrogen and oxygen atoms in total. The van der Waals surface area contributed by atoms with E-state index in [1.54, 1.807) is 0 Å². The summed E-state index contributed by atoms with van der Waals surface area (Å²) in [5.41, 5.74) is 2.19. The number of ether oxygens (including phenoxy) is 1. The molecule has 0 heterocycles. The van der Waals surface area contributed by atoms with Gasteiger partial charge in [-0.3, -0.25) is 0 Å². The average molecular weight is 369 g/mol. The highest BCUT2D eigenvalue weighted by Crippen LogP contribution is 2.26. The summed E-state index contributed by atoms with van der Waals surface area (Å²) in [5, 5.41) is 4.09. The second-order valence-electron chi connectivity index (χ2n) is 4.82. The van der Waals surface area contributed by atoms with Gasteiger partial charge >= 0.3 is 0 Å². The Morgan fingerprint density at radius 1 is 1.14 bits per heavy atom. The Hall–Kier alpha value is -1.19. The van der Waals surface area contributed by atoms with Crippen LogP contribution in [-0.4, -0.2) is 6.61 Å². The molecular weight excluding hydrogens is 350 g/mol. The van der Waals surface area contributed by atoms with Crippen LogP contribution in [-0.2, 0) is 6.54 Å². The van der Waals surface area contributed by atoms with Gasteiger partial charge in [0.05, 0.1) is 12.3 Å². The van der Waals surface area contributed by atoms with Crippen LogP contribution in [0.15, 0.2) is 46.9 Å². The number of rotatable bonds is 7. The minimum absolute atomic E-state index is 0.723. The van der Waals surface area contributed by atoms with Crippen LogP contribution in [0.25, 0.3) is 0 Å². The van der Waals surface area contributed by atoms with Crippen molar-refractivity contribution in [1.29, 1.82) is 0 Å². The summed E-state index contributed by atoms with van der Waals surface area (Å²) < 4.78 is 6.66. The third-order valence-corrected chi connectivity index (χ3v) is 4.03. The molecule has 112 valence electrons. The highest BCUT2D eigenvalue weighted by atomic mass is 79.9. The number of nitrogens with one attached hydrogen (secondary N) is 1. The second kappa shape index (κ2) is 8.30. The summed E-state index contributed by atoms with van der Waals surface area (Å²) in [6.45, 7) is 3.68. The molecule has 0 aliphatic rings. The molecule has 2 aromatic carbocycles. The van der Waals surface area contributed by atoms with Gasteiger partial charge in [-0.1, -0.05) is 37.1 Å². The largest absolute Gasteiger partial charge is 0.494 e. The van der Waals surface area contributed by atoms with E-state index in [1.807, 2.05) is 30.3 Å². The summed E-state index contributed by atoms with van der Waals surface area (Å²) >= 11 is 9.51. The van der Waals surface area contributed by atoms with Crippen molar-refractivity contribution in [1.82, 2.24) is 0 Å². The van der Waals surface area contributed by atoms with Gasteiger partial charge in [0.15, 0.2) is 0 Å². The molecule has 0 spiro atoms. The molecule has 1 N–H and O–H groups in total. The second-order valence-corrected chi connectivity index (χ2v) is 6.11. The predicted octanol–water partition coefficient (Wildman–Crippen LogP) is 5.89. The van der Waals surface area contributed by atoms with Gasteiger partial charge in [0.25, 0.3) is 0 Å². The van der Waals surface area contributed by atoms with Crippen LogP contribution >= 0.6 is 27.5 Å². The smallest absolute Gasteiger partial charge is 0.119 e. The number of hydrogen-bond acceptors (Lipinski definition) is 2. The van der Waals surface area contributed by atoms with Gasteiger partial charge in [-0.15, -0.1) is 0 Å². The zero-order valence-electron chi connectivity index (χ0n) is 12.0. The van der Waals surface area contributed by atoms with E-state index in [1.165, 1.54) is 5.56 Å². The van der Waals surface area contributed by atoms with E-state index in [9.17, 15) is 0 Å². The number of benzene rings is 2. The Balaban J connectivity index is 1.90.